The van der Waals surface area contributed by atoms with Crippen molar-refractivity contribution in [3.8, 4) is 6.07 Å². The highest BCUT2D eigenvalue weighted by molar-refractivity contribution is 7.14. The van der Waals surface area contributed by atoms with E-state index in [1.165, 1.54) is 18.3 Å². The molecule has 152 valence electrons. The number of nitrogens with one attached hydrogen (secondary N) is 1. The van der Waals surface area contributed by atoms with Gasteiger partial charge in [0.1, 0.15) is 11.1 Å². The molecule has 4 rings (SSSR count). The van der Waals surface area contributed by atoms with E-state index < -0.39 is 18.0 Å². The zero-order chi connectivity index (χ0) is 21.3. The van der Waals surface area contributed by atoms with Gasteiger partial charge >= 0.3 is 5.97 Å². The Morgan fingerprint density at radius 1 is 1.33 bits per heavy atom. The number of carbonyl (C=O) groups is 2. The third-order valence-corrected chi connectivity index (χ3v) is 6.21. The maximum Gasteiger partial charge on any atom is 0.339 e. The van der Waals surface area contributed by atoms with Gasteiger partial charge in [-0.15, -0.1) is 11.3 Å². The molecule has 1 aliphatic carbocycles. The number of rotatable bonds is 4. The summed E-state index contributed by atoms with van der Waals surface area (Å²) in [6.07, 6.45) is 1.62. The van der Waals surface area contributed by atoms with Crippen molar-refractivity contribution in [2.45, 2.75) is 39.2 Å². The lowest BCUT2D eigenvalue weighted by Gasteiger charge is -2.24. The summed E-state index contributed by atoms with van der Waals surface area (Å²) >= 11 is 1.25. The van der Waals surface area contributed by atoms with Crippen molar-refractivity contribution < 1.29 is 14.3 Å². The fraction of sp³-hybridized carbons (Fsp3) is 0.304. The number of aryl methyl sites for hydroxylation is 1. The van der Waals surface area contributed by atoms with Crippen LogP contribution in [0.4, 0.5) is 5.00 Å². The van der Waals surface area contributed by atoms with Gasteiger partial charge in [-0.2, -0.15) is 5.26 Å². The van der Waals surface area contributed by atoms with E-state index in [1.54, 1.807) is 11.4 Å². The molecule has 1 N–H and O–H groups in total. The second kappa shape index (κ2) is 8.25. The fourth-order valence-electron chi connectivity index (χ4n) is 3.78. The number of pyridine rings is 1. The lowest BCUT2D eigenvalue weighted by Crippen LogP contribution is -2.31. The molecule has 0 saturated heterocycles. The molecule has 1 aromatic carbocycles. The quantitative estimate of drug-likeness (QED) is 0.630. The van der Waals surface area contributed by atoms with Gasteiger partial charge in [-0.05, 0) is 55.2 Å². The molecule has 0 unspecified atom stereocenters. The molecule has 1 aliphatic rings. The van der Waals surface area contributed by atoms with Crippen molar-refractivity contribution in [2.24, 2.45) is 5.92 Å². The van der Waals surface area contributed by atoms with Crippen LogP contribution in [0.25, 0.3) is 10.9 Å². The van der Waals surface area contributed by atoms with Crippen molar-refractivity contribution in [3.63, 3.8) is 0 Å². The van der Waals surface area contributed by atoms with Gasteiger partial charge < -0.3 is 10.1 Å². The Hall–Kier alpha value is -3.24. The Labute approximate surface area is 178 Å². The zero-order valence-corrected chi connectivity index (χ0v) is 17.6. The molecule has 30 heavy (non-hydrogen) atoms. The minimum absolute atomic E-state index is 0.384. The summed E-state index contributed by atoms with van der Waals surface area (Å²) in [5.74, 6) is -0.535. The van der Waals surface area contributed by atoms with Gasteiger partial charge in [0, 0.05) is 11.1 Å². The number of thiophene rings is 1. The van der Waals surface area contributed by atoms with Crippen molar-refractivity contribution in [1.82, 2.24) is 4.98 Å². The molecule has 0 aliphatic heterocycles. The summed E-state index contributed by atoms with van der Waals surface area (Å²) in [6, 6.07) is 11.2. The van der Waals surface area contributed by atoms with Crippen LogP contribution >= 0.6 is 11.3 Å². The van der Waals surface area contributed by atoms with Crippen LogP contribution < -0.4 is 5.32 Å². The number of nitrogens with zero attached hydrogens (tertiary/aromatic N) is 2. The van der Waals surface area contributed by atoms with E-state index in [9.17, 15) is 9.59 Å². The first-order valence-corrected chi connectivity index (χ1v) is 10.8. The van der Waals surface area contributed by atoms with E-state index in [0.29, 0.717) is 22.0 Å². The van der Waals surface area contributed by atoms with Gasteiger partial charge in [0.15, 0.2) is 6.10 Å². The number of anilines is 1. The summed E-state index contributed by atoms with van der Waals surface area (Å²) in [5.41, 5.74) is 3.51. The Morgan fingerprint density at radius 2 is 2.13 bits per heavy atom. The van der Waals surface area contributed by atoms with Crippen LogP contribution in [0.2, 0.25) is 0 Å². The summed E-state index contributed by atoms with van der Waals surface area (Å²) in [6.45, 7) is 3.70. The number of para-hydroxylation sites is 1. The summed E-state index contributed by atoms with van der Waals surface area (Å²) in [7, 11) is 0. The Bertz CT molecular complexity index is 1180. The number of ether oxygens (including phenoxy) is 1. The number of aromatic nitrogens is 1. The first kappa shape index (κ1) is 20.0. The molecule has 2 heterocycles. The third kappa shape index (κ3) is 3.79. The van der Waals surface area contributed by atoms with Crippen LogP contribution in [0.3, 0.4) is 0 Å². The van der Waals surface area contributed by atoms with Crippen molar-refractivity contribution in [1.29, 1.82) is 5.26 Å². The predicted octanol–water partition coefficient (Wildman–Crippen LogP) is 4.48. The van der Waals surface area contributed by atoms with Crippen LogP contribution in [0, 0.1) is 17.2 Å². The molecular weight excluding hydrogens is 398 g/mol. The van der Waals surface area contributed by atoms with E-state index in [1.807, 2.05) is 30.3 Å². The summed E-state index contributed by atoms with van der Waals surface area (Å²) in [5, 5.41) is 14.7. The summed E-state index contributed by atoms with van der Waals surface area (Å²) < 4.78 is 5.57. The number of nitriles is 1. The van der Waals surface area contributed by atoms with Gasteiger partial charge in [-0.25, -0.2) is 4.79 Å². The molecule has 0 bridgehead atoms. The second-order valence-corrected chi connectivity index (χ2v) is 8.51. The van der Waals surface area contributed by atoms with Crippen LogP contribution in [0.5, 0.6) is 0 Å². The molecule has 6 nitrogen and oxygen atoms in total. The monoisotopic (exact) mass is 419 g/mol. The molecule has 0 spiro atoms. The molecule has 1 amide bonds. The average Bonchev–Trinajstić information content (AvgIpc) is 3.18. The number of benzene rings is 1. The Kier molecular flexibility index (Phi) is 5.51. The molecule has 2 aromatic heterocycles. The highest BCUT2D eigenvalue weighted by Crippen LogP contribution is 2.32. The lowest BCUT2D eigenvalue weighted by atomic mass is 9.84. The van der Waals surface area contributed by atoms with Crippen LogP contribution in [0.15, 0.2) is 35.7 Å². The zero-order valence-electron chi connectivity index (χ0n) is 16.8. The minimum Gasteiger partial charge on any atom is -0.449 e. The molecular formula is C23H21N3O3S. The summed E-state index contributed by atoms with van der Waals surface area (Å²) in [4.78, 5) is 30.5. The highest BCUT2D eigenvalue weighted by atomic mass is 32.1. The van der Waals surface area contributed by atoms with Gasteiger partial charge in [-0.3, -0.25) is 9.78 Å². The lowest BCUT2D eigenvalue weighted by molar-refractivity contribution is -0.123. The number of hydrogen-bond donors (Lipinski definition) is 1. The van der Waals surface area contributed by atoms with Gasteiger partial charge in [-0.1, -0.05) is 25.1 Å². The Balaban J connectivity index is 1.62. The van der Waals surface area contributed by atoms with Crippen LogP contribution in [0.1, 0.15) is 47.4 Å². The minimum atomic E-state index is -1.00. The van der Waals surface area contributed by atoms with Crippen molar-refractivity contribution >= 4 is 39.1 Å². The SMILES string of the molecule is C[C@H]1CCc2nc3ccccc3c(C(=O)O[C@@H](C)C(=O)Nc3sccc3C#N)c2C1. The molecule has 0 fully saturated rings. The third-order valence-electron chi connectivity index (χ3n) is 5.39. The van der Waals surface area contributed by atoms with Crippen LogP contribution in [-0.2, 0) is 22.4 Å². The molecule has 0 saturated carbocycles. The van der Waals surface area contributed by atoms with Gasteiger partial charge in [0.05, 0.1) is 16.6 Å². The van der Waals surface area contributed by atoms with E-state index in [-0.39, 0.29) is 0 Å². The number of amides is 1. The first-order chi connectivity index (χ1) is 14.5. The Morgan fingerprint density at radius 3 is 2.93 bits per heavy atom. The fourth-order valence-corrected chi connectivity index (χ4v) is 4.52. The molecule has 3 aromatic rings. The maximum absolute atomic E-state index is 13.2. The van der Waals surface area contributed by atoms with Gasteiger partial charge in [0.25, 0.3) is 5.91 Å². The maximum atomic E-state index is 13.2. The largest absolute Gasteiger partial charge is 0.449 e. The van der Waals surface area contributed by atoms with E-state index in [2.05, 4.69) is 12.2 Å². The van der Waals surface area contributed by atoms with E-state index >= 15 is 0 Å². The number of fused-ring (bicyclic) bond motifs is 2. The first-order valence-electron chi connectivity index (χ1n) is 9.88. The van der Waals surface area contributed by atoms with Gasteiger partial charge in [0.2, 0.25) is 0 Å². The average molecular weight is 420 g/mol. The highest BCUT2D eigenvalue weighted by Gasteiger charge is 2.28. The van der Waals surface area contributed by atoms with E-state index in [0.717, 1.165) is 41.4 Å². The second-order valence-electron chi connectivity index (χ2n) is 7.59. The molecule has 0 radical (unpaired) electrons. The van der Waals surface area contributed by atoms with Crippen molar-refractivity contribution in [2.75, 3.05) is 5.32 Å². The van der Waals surface area contributed by atoms with Crippen LogP contribution in [-0.4, -0.2) is 23.0 Å². The number of hydrogen-bond acceptors (Lipinski definition) is 6. The topological polar surface area (TPSA) is 92.1 Å². The standard InChI is InChI=1S/C23H21N3O3S/c1-13-7-8-19-17(11-13)20(16-5-3-4-6-18(16)25-19)23(28)29-14(2)21(27)26-22-15(12-24)9-10-30-22/h3-6,9-10,13-14H,7-8,11H2,1-2H3,(H,26,27)/t13-,14-/m0/s1. The van der Waals surface area contributed by atoms with Crippen molar-refractivity contribution in [3.05, 3.63) is 58.1 Å². The smallest absolute Gasteiger partial charge is 0.339 e. The van der Waals surface area contributed by atoms with E-state index in [4.69, 9.17) is 15.0 Å². The number of carbonyl (C=O) groups excluding carboxylic acids is 2. The number of esters is 1. The molecule has 2 atom stereocenters. The predicted molar refractivity (Wildman–Crippen MR) is 115 cm³/mol. The molecule has 7 heteroatoms. The normalized spacial score (nSPS) is 16.4.